The molecule has 0 aliphatic heterocycles. The fourth-order valence-electron chi connectivity index (χ4n) is 1.62. The van der Waals surface area contributed by atoms with E-state index in [4.69, 9.17) is 9.47 Å². The Balaban J connectivity index is 2.61. The van der Waals surface area contributed by atoms with E-state index in [0.717, 1.165) is 6.54 Å². The zero-order valence-electron chi connectivity index (χ0n) is 11.8. The molecule has 1 rings (SSSR count). The summed E-state index contributed by atoms with van der Waals surface area (Å²) in [5.74, 6) is 1.27. The van der Waals surface area contributed by atoms with Crippen molar-refractivity contribution in [1.82, 2.24) is 5.32 Å². The Hall–Kier alpha value is -1.75. The van der Waals surface area contributed by atoms with Crippen LogP contribution in [0.4, 0.5) is 5.69 Å². The number of hydrogen-bond acceptors (Lipinski definition) is 4. The highest BCUT2D eigenvalue weighted by atomic mass is 16.5. The van der Waals surface area contributed by atoms with Gasteiger partial charge in [-0.1, -0.05) is 6.92 Å². The summed E-state index contributed by atoms with van der Waals surface area (Å²) in [6.07, 6.45) is 0.448. The van der Waals surface area contributed by atoms with E-state index in [-0.39, 0.29) is 5.91 Å². The number of anilines is 1. The molecule has 19 heavy (non-hydrogen) atoms. The molecule has 0 heterocycles. The lowest BCUT2D eigenvalue weighted by Gasteiger charge is -2.11. The number of amides is 1. The minimum atomic E-state index is -0.0211. The van der Waals surface area contributed by atoms with Crippen molar-refractivity contribution in [3.63, 3.8) is 0 Å². The third-order valence-corrected chi connectivity index (χ3v) is 2.53. The normalized spacial score (nSPS) is 10.1. The molecule has 106 valence electrons. The van der Waals surface area contributed by atoms with Gasteiger partial charge in [-0.3, -0.25) is 4.79 Å². The average molecular weight is 266 g/mol. The predicted molar refractivity (Wildman–Crippen MR) is 76.0 cm³/mol. The Morgan fingerprint density at radius 2 is 2.05 bits per heavy atom. The summed E-state index contributed by atoms with van der Waals surface area (Å²) >= 11 is 0. The molecule has 0 unspecified atom stereocenters. The molecule has 0 saturated carbocycles. The number of ether oxygens (including phenoxy) is 2. The molecule has 0 aliphatic rings. The molecule has 0 spiro atoms. The molecule has 0 atom stereocenters. The van der Waals surface area contributed by atoms with E-state index in [9.17, 15) is 4.79 Å². The third kappa shape index (κ3) is 5.18. The van der Waals surface area contributed by atoms with E-state index in [1.165, 1.54) is 0 Å². The van der Waals surface area contributed by atoms with Crippen LogP contribution in [0.3, 0.4) is 0 Å². The van der Waals surface area contributed by atoms with Gasteiger partial charge in [-0.2, -0.15) is 0 Å². The van der Waals surface area contributed by atoms with Gasteiger partial charge in [0.1, 0.15) is 0 Å². The second-order valence-electron chi connectivity index (χ2n) is 3.95. The van der Waals surface area contributed by atoms with Crippen molar-refractivity contribution in [1.29, 1.82) is 0 Å². The molecular formula is C14H22N2O3. The summed E-state index contributed by atoms with van der Waals surface area (Å²) in [7, 11) is 1.58. The maximum atomic E-state index is 11.7. The molecule has 0 aromatic heterocycles. The van der Waals surface area contributed by atoms with Crippen LogP contribution in [0, 0.1) is 0 Å². The lowest BCUT2D eigenvalue weighted by Crippen LogP contribution is -2.21. The standard InChI is InChI=1S/C14H22N2O3/c1-4-15-9-8-14(17)16-11-6-7-12(19-5-2)13(10-11)18-3/h6-7,10,15H,4-5,8-9H2,1-3H3,(H,16,17). The summed E-state index contributed by atoms with van der Waals surface area (Å²) in [5, 5.41) is 5.94. The van der Waals surface area contributed by atoms with Gasteiger partial charge in [-0.15, -0.1) is 0 Å². The minimum absolute atomic E-state index is 0.0211. The zero-order valence-corrected chi connectivity index (χ0v) is 11.8. The summed E-state index contributed by atoms with van der Waals surface area (Å²) in [6, 6.07) is 5.36. The lowest BCUT2D eigenvalue weighted by atomic mass is 10.2. The fourth-order valence-corrected chi connectivity index (χ4v) is 1.62. The van der Waals surface area contributed by atoms with Crippen LogP contribution in [0.25, 0.3) is 0 Å². The van der Waals surface area contributed by atoms with Crippen LogP contribution in [-0.2, 0) is 4.79 Å². The summed E-state index contributed by atoms with van der Waals surface area (Å²) in [5.41, 5.74) is 0.710. The molecular weight excluding hydrogens is 244 g/mol. The second kappa shape index (κ2) is 8.37. The van der Waals surface area contributed by atoms with Gasteiger partial charge < -0.3 is 20.1 Å². The largest absolute Gasteiger partial charge is 0.493 e. The van der Waals surface area contributed by atoms with Gasteiger partial charge in [-0.25, -0.2) is 0 Å². The zero-order chi connectivity index (χ0) is 14.1. The maximum Gasteiger partial charge on any atom is 0.225 e. The molecule has 5 nitrogen and oxygen atoms in total. The van der Waals surface area contributed by atoms with Gasteiger partial charge in [0.2, 0.25) is 5.91 Å². The predicted octanol–water partition coefficient (Wildman–Crippen LogP) is 2.03. The van der Waals surface area contributed by atoms with Crippen molar-refractivity contribution >= 4 is 11.6 Å². The summed E-state index contributed by atoms with van der Waals surface area (Å²) in [6.45, 7) is 6.04. The van der Waals surface area contributed by atoms with Crippen LogP contribution in [-0.4, -0.2) is 32.7 Å². The molecule has 1 amide bonds. The molecule has 0 saturated heterocycles. The molecule has 0 fully saturated rings. The van der Waals surface area contributed by atoms with Crippen molar-refractivity contribution < 1.29 is 14.3 Å². The van der Waals surface area contributed by atoms with Crippen LogP contribution in [0.5, 0.6) is 11.5 Å². The van der Waals surface area contributed by atoms with Gasteiger partial charge in [0.15, 0.2) is 11.5 Å². The molecule has 5 heteroatoms. The Morgan fingerprint density at radius 1 is 1.26 bits per heavy atom. The maximum absolute atomic E-state index is 11.7. The van der Waals surface area contributed by atoms with E-state index >= 15 is 0 Å². The first-order chi connectivity index (χ1) is 9.21. The van der Waals surface area contributed by atoms with E-state index < -0.39 is 0 Å². The number of carbonyl (C=O) groups excluding carboxylic acids is 1. The molecule has 0 bridgehead atoms. The molecule has 1 aromatic rings. The minimum Gasteiger partial charge on any atom is -0.493 e. The number of rotatable bonds is 8. The highest BCUT2D eigenvalue weighted by molar-refractivity contribution is 5.91. The average Bonchev–Trinajstić information content (AvgIpc) is 2.41. The Labute approximate surface area is 114 Å². The number of hydrogen-bond donors (Lipinski definition) is 2. The van der Waals surface area contributed by atoms with Crippen LogP contribution in [0.1, 0.15) is 20.3 Å². The van der Waals surface area contributed by atoms with Crippen LogP contribution in [0.15, 0.2) is 18.2 Å². The molecule has 0 aliphatic carbocycles. The van der Waals surface area contributed by atoms with Gasteiger partial charge in [-0.05, 0) is 25.6 Å². The fraction of sp³-hybridized carbons (Fsp3) is 0.500. The van der Waals surface area contributed by atoms with E-state index in [2.05, 4.69) is 10.6 Å². The highest BCUT2D eigenvalue weighted by Crippen LogP contribution is 2.30. The van der Waals surface area contributed by atoms with Crippen LogP contribution in [0.2, 0.25) is 0 Å². The molecule has 2 N–H and O–H groups in total. The first kappa shape index (κ1) is 15.3. The van der Waals surface area contributed by atoms with Gasteiger partial charge in [0.05, 0.1) is 13.7 Å². The van der Waals surface area contributed by atoms with Crippen LogP contribution >= 0.6 is 0 Å². The van der Waals surface area contributed by atoms with E-state index in [1.807, 2.05) is 13.8 Å². The Kier molecular flexibility index (Phi) is 6.74. The van der Waals surface area contributed by atoms with Gasteiger partial charge >= 0.3 is 0 Å². The van der Waals surface area contributed by atoms with Gasteiger partial charge in [0.25, 0.3) is 0 Å². The number of carbonyl (C=O) groups is 1. The smallest absolute Gasteiger partial charge is 0.225 e. The van der Waals surface area contributed by atoms with Crippen molar-refractivity contribution in [2.45, 2.75) is 20.3 Å². The molecule has 1 aromatic carbocycles. The number of methoxy groups -OCH3 is 1. The van der Waals surface area contributed by atoms with Crippen LogP contribution < -0.4 is 20.1 Å². The SMILES string of the molecule is CCNCCC(=O)Nc1ccc(OCC)c(OC)c1. The Morgan fingerprint density at radius 3 is 2.68 bits per heavy atom. The summed E-state index contributed by atoms with van der Waals surface area (Å²) < 4.78 is 10.6. The van der Waals surface area contributed by atoms with Crippen molar-refractivity contribution in [2.24, 2.45) is 0 Å². The first-order valence-electron chi connectivity index (χ1n) is 6.52. The van der Waals surface area contributed by atoms with Crippen molar-refractivity contribution in [3.05, 3.63) is 18.2 Å². The number of nitrogens with one attached hydrogen (secondary N) is 2. The molecule has 0 radical (unpaired) electrons. The number of benzene rings is 1. The van der Waals surface area contributed by atoms with Gasteiger partial charge in [0, 0.05) is 24.7 Å². The second-order valence-corrected chi connectivity index (χ2v) is 3.95. The highest BCUT2D eigenvalue weighted by Gasteiger charge is 2.07. The van der Waals surface area contributed by atoms with E-state index in [0.29, 0.717) is 36.8 Å². The topological polar surface area (TPSA) is 59.6 Å². The lowest BCUT2D eigenvalue weighted by molar-refractivity contribution is -0.116. The monoisotopic (exact) mass is 266 g/mol. The summed E-state index contributed by atoms with van der Waals surface area (Å²) in [4.78, 5) is 11.7. The van der Waals surface area contributed by atoms with Crippen molar-refractivity contribution in [3.8, 4) is 11.5 Å². The Bertz CT molecular complexity index is 408. The quantitative estimate of drug-likeness (QED) is 0.707. The third-order valence-electron chi connectivity index (χ3n) is 2.53. The van der Waals surface area contributed by atoms with E-state index in [1.54, 1.807) is 25.3 Å². The first-order valence-corrected chi connectivity index (χ1v) is 6.52. The van der Waals surface area contributed by atoms with Crippen molar-refractivity contribution in [2.75, 3.05) is 32.1 Å².